The molecule has 11 heteroatoms. The molecular weight excluding hydrogens is 474 g/mol. The highest BCUT2D eigenvalue weighted by Crippen LogP contribution is 2.34. The van der Waals surface area contributed by atoms with E-state index in [-0.39, 0.29) is 11.7 Å². The molecule has 1 aliphatic heterocycles. The van der Waals surface area contributed by atoms with Crippen molar-refractivity contribution in [1.82, 2.24) is 20.0 Å². The first-order valence-electron chi connectivity index (χ1n) is 12.3. The lowest BCUT2D eigenvalue weighted by atomic mass is 10.1. The largest absolute Gasteiger partial charge is 0.354 e. The molecule has 3 heterocycles. The normalized spacial score (nSPS) is 14.0. The van der Waals surface area contributed by atoms with Gasteiger partial charge in [-0.3, -0.25) is 10.1 Å². The molecule has 0 aliphatic carbocycles. The quantitative estimate of drug-likeness (QED) is 0.292. The second kappa shape index (κ2) is 10.6. The monoisotopic (exact) mass is 501 g/mol. The van der Waals surface area contributed by atoms with Crippen LogP contribution in [0.25, 0.3) is 22.4 Å². The van der Waals surface area contributed by atoms with Crippen molar-refractivity contribution in [3.63, 3.8) is 0 Å². The summed E-state index contributed by atoms with van der Waals surface area (Å²) >= 11 is 0. The Bertz CT molecular complexity index is 1410. The van der Waals surface area contributed by atoms with E-state index < -0.39 is 4.92 Å². The van der Waals surface area contributed by atoms with Gasteiger partial charge in [-0.1, -0.05) is 42.4 Å². The fraction of sp³-hybridized carbons (Fsp3) is 0.308. The fourth-order valence-corrected chi connectivity index (χ4v) is 4.44. The van der Waals surface area contributed by atoms with Gasteiger partial charge < -0.3 is 19.6 Å². The highest BCUT2D eigenvalue weighted by molar-refractivity contribution is 5.98. The number of urea groups is 1. The summed E-state index contributed by atoms with van der Waals surface area (Å²) in [6.07, 6.45) is 2.37. The molecule has 5 rings (SSSR count). The number of hydrogen-bond acceptors (Lipinski definition) is 8. The Morgan fingerprint density at radius 2 is 1.84 bits per heavy atom. The number of benzene rings is 2. The summed E-state index contributed by atoms with van der Waals surface area (Å²) in [4.78, 5) is 36.8. The number of aryl methyl sites for hydroxylation is 1. The number of nitro benzene ring substituents is 1. The molecule has 1 fully saturated rings. The molecule has 190 valence electrons. The molecule has 2 aromatic heterocycles. The van der Waals surface area contributed by atoms with Crippen molar-refractivity contribution in [1.29, 1.82) is 0 Å². The van der Waals surface area contributed by atoms with Crippen LogP contribution in [-0.2, 0) is 6.42 Å². The zero-order valence-corrected chi connectivity index (χ0v) is 20.5. The average Bonchev–Trinajstić information content (AvgIpc) is 3.18. The maximum absolute atomic E-state index is 12.9. The summed E-state index contributed by atoms with van der Waals surface area (Å²) < 4.78 is 5.66. The molecule has 1 N–H and O–H groups in total. The lowest BCUT2D eigenvalue weighted by Crippen LogP contribution is -2.38. The van der Waals surface area contributed by atoms with E-state index >= 15 is 0 Å². The Morgan fingerprint density at radius 1 is 1.05 bits per heavy atom. The van der Waals surface area contributed by atoms with Gasteiger partial charge in [-0.05, 0) is 25.0 Å². The lowest BCUT2D eigenvalue weighted by Gasteiger charge is -2.24. The number of nitro groups is 1. The van der Waals surface area contributed by atoms with Crippen LogP contribution in [0.1, 0.15) is 25.6 Å². The van der Waals surface area contributed by atoms with Gasteiger partial charge in [-0.15, -0.1) is 0 Å². The minimum Gasteiger partial charge on any atom is -0.354 e. The number of aromatic nitrogens is 3. The molecule has 0 atom stereocenters. The number of carbonyl (C=O) groups excluding carboxylic acids is 1. The standard InChI is InChI=1S/C26H27N7O4/c1-2-7-21-28-24(22-23(30-37-25(22)29-21)18-8-4-3-5-9-18)31-14-6-15-32(17-16-31)26(34)27-19-10-12-20(13-11-19)33(35)36/h3-5,8-13H,2,6-7,14-17H2,1H3,(H,27,34). The van der Waals surface area contributed by atoms with Crippen molar-refractivity contribution in [3.05, 3.63) is 70.5 Å². The van der Waals surface area contributed by atoms with E-state index in [2.05, 4.69) is 27.3 Å². The van der Waals surface area contributed by atoms with Gasteiger partial charge in [0.05, 0.1) is 4.92 Å². The number of rotatable bonds is 6. The molecule has 1 aliphatic rings. The van der Waals surface area contributed by atoms with Crippen LogP contribution in [-0.4, -0.2) is 57.2 Å². The molecule has 11 nitrogen and oxygen atoms in total. The molecule has 0 saturated carbocycles. The van der Waals surface area contributed by atoms with Crippen molar-refractivity contribution in [2.45, 2.75) is 26.2 Å². The van der Waals surface area contributed by atoms with Gasteiger partial charge in [0.25, 0.3) is 11.4 Å². The maximum Gasteiger partial charge on any atom is 0.321 e. The Kier molecular flexibility index (Phi) is 6.93. The van der Waals surface area contributed by atoms with Gasteiger partial charge >= 0.3 is 6.03 Å². The van der Waals surface area contributed by atoms with Crippen LogP contribution in [0.5, 0.6) is 0 Å². The summed E-state index contributed by atoms with van der Waals surface area (Å²) in [6, 6.07) is 15.4. The fourth-order valence-electron chi connectivity index (χ4n) is 4.44. The maximum atomic E-state index is 12.9. The van der Waals surface area contributed by atoms with Gasteiger partial charge in [0.15, 0.2) is 0 Å². The molecule has 2 aromatic carbocycles. The Balaban J connectivity index is 1.38. The summed E-state index contributed by atoms with van der Waals surface area (Å²) in [5, 5.41) is 18.8. The SMILES string of the molecule is CCCc1nc(N2CCCN(C(=O)Nc3ccc([N+](=O)[O-])cc3)CC2)c2c(-c3ccccc3)noc2n1. The molecule has 4 aromatic rings. The van der Waals surface area contributed by atoms with Crippen molar-refractivity contribution in [3.8, 4) is 11.3 Å². The third-order valence-corrected chi connectivity index (χ3v) is 6.30. The summed E-state index contributed by atoms with van der Waals surface area (Å²) in [5.74, 6) is 1.48. The van der Waals surface area contributed by atoms with E-state index in [1.807, 2.05) is 30.3 Å². The van der Waals surface area contributed by atoms with Crippen LogP contribution < -0.4 is 10.2 Å². The van der Waals surface area contributed by atoms with Gasteiger partial charge in [0, 0.05) is 56.0 Å². The topological polar surface area (TPSA) is 131 Å². The minimum absolute atomic E-state index is 0.0226. The molecular formula is C26H27N7O4. The van der Waals surface area contributed by atoms with Crippen molar-refractivity contribution in [2.75, 3.05) is 36.4 Å². The van der Waals surface area contributed by atoms with Gasteiger partial charge in [-0.2, -0.15) is 4.98 Å². The summed E-state index contributed by atoms with van der Waals surface area (Å²) in [6.45, 7) is 4.42. The zero-order chi connectivity index (χ0) is 25.8. The van der Waals surface area contributed by atoms with Crippen LogP contribution in [0.4, 0.5) is 22.0 Å². The minimum atomic E-state index is -0.468. The molecule has 1 saturated heterocycles. The van der Waals surface area contributed by atoms with E-state index in [4.69, 9.17) is 9.51 Å². The second-order valence-corrected chi connectivity index (χ2v) is 8.85. The highest BCUT2D eigenvalue weighted by Gasteiger charge is 2.26. The third-order valence-electron chi connectivity index (χ3n) is 6.30. The van der Waals surface area contributed by atoms with Gasteiger partial charge in [0.1, 0.15) is 22.7 Å². The molecule has 2 amide bonds. The number of amides is 2. The van der Waals surface area contributed by atoms with Gasteiger partial charge in [-0.25, -0.2) is 9.78 Å². The number of nitrogens with one attached hydrogen (secondary N) is 1. The number of fused-ring (bicyclic) bond motifs is 1. The number of carbonyl (C=O) groups is 1. The van der Waals surface area contributed by atoms with E-state index in [1.165, 1.54) is 24.3 Å². The third kappa shape index (κ3) is 5.20. The Labute approximate surface area is 213 Å². The van der Waals surface area contributed by atoms with Crippen LogP contribution in [0, 0.1) is 10.1 Å². The van der Waals surface area contributed by atoms with Crippen LogP contribution in [0.2, 0.25) is 0 Å². The number of hydrogen-bond donors (Lipinski definition) is 1. The Hall–Kier alpha value is -4.54. The van der Waals surface area contributed by atoms with Crippen LogP contribution in [0.3, 0.4) is 0 Å². The predicted octanol–water partition coefficient (Wildman–Crippen LogP) is 4.89. The first kappa shape index (κ1) is 24.2. The summed E-state index contributed by atoms with van der Waals surface area (Å²) in [5.41, 5.74) is 2.57. The van der Waals surface area contributed by atoms with Crippen molar-refractivity contribution < 1.29 is 14.2 Å². The van der Waals surface area contributed by atoms with Gasteiger partial charge in [0.2, 0.25) is 0 Å². The Morgan fingerprint density at radius 3 is 2.57 bits per heavy atom. The zero-order valence-electron chi connectivity index (χ0n) is 20.5. The lowest BCUT2D eigenvalue weighted by molar-refractivity contribution is -0.384. The van der Waals surface area contributed by atoms with E-state index in [0.717, 1.165) is 36.0 Å². The predicted molar refractivity (Wildman–Crippen MR) is 140 cm³/mol. The van der Waals surface area contributed by atoms with Crippen molar-refractivity contribution in [2.24, 2.45) is 0 Å². The van der Waals surface area contributed by atoms with E-state index in [1.54, 1.807) is 4.90 Å². The second-order valence-electron chi connectivity index (χ2n) is 8.85. The first-order valence-corrected chi connectivity index (χ1v) is 12.3. The molecule has 0 radical (unpaired) electrons. The molecule has 37 heavy (non-hydrogen) atoms. The number of non-ortho nitro benzene ring substituents is 1. The molecule has 0 bridgehead atoms. The van der Waals surface area contributed by atoms with Crippen LogP contribution in [0.15, 0.2) is 59.1 Å². The molecule has 0 unspecified atom stereocenters. The average molecular weight is 502 g/mol. The van der Waals surface area contributed by atoms with E-state index in [0.29, 0.717) is 49.1 Å². The molecule has 0 spiro atoms. The summed E-state index contributed by atoms with van der Waals surface area (Å²) in [7, 11) is 0. The number of anilines is 2. The van der Waals surface area contributed by atoms with E-state index in [9.17, 15) is 14.9 Å². The first-order chi connectivity index (χ1) is 18.0. The number of nitrogens with zero attached hydrogens (tertiary/aromatic N) is 6. The van der Waals surface area contributed by atoms with Crippen molar-refractivity contribution >= 4 is 34.3 Å². The van der Waals surface area contributed by atoms with Crippen LogP contribution >= 0.6 is 0 Å². The highest BCUT2D eigenvalue weighted by atomic mass is 16.6. The smallest absolute Gasteiger partial charge is 0.321 e.